The maximum absolute atomic E-state index is 11.7. The van der Waals surface area contributed by atoms with E-state index in [2.05, 4.69) is 20.6 Å². The minimum atomic E-state index is -0.0205. The average molecular weight is 283 g/mol. The van der Waals surface area contributed by atoms with Crippen molar-refractivity contribution in [3.63, 3.8) is 0 Å². The van der Waals surface area contributed by atoms with Gasteiger partial charge in [-0.05, 0) is 20.1 Å². The van der Waals surface area contributed by atoms with Crippen molar-refractivity contribution in [2.24, 2.45) is 0 Å². The predicted octanol–water partition coefficient (Wildman–Crippen LogP) is 1.20. The van der Waals surface area contributed by atoms with E-state index in [1.54, 1.807) is 4.90 Å². The number of hydrogen-bond donors (Lipinski definition) is 2. The number of nitrogens with one attached hydrogen (secondary N) is 2. The molecule has 6 nitrogen and oxygen atoms in total. The Bertz CT molecular complexity index is 416. The van der Waals surface area contributed by atoms with Crippen LogP contribution < -0.4 is 15.5 Å². The van der Waals surface area contributed by atoms with Crippen molar-refractivity contribution in [3.05, 3.63) is 6.07 Å². The highest BCUT2D eigenvalue weighted by molar-refractivity contribution is 7.98. The molecular weight excluding hydrogens is 262 g/mol. The molecule has 0 radical (unpaired) electrons. The third kappa shape index (κ3) is 4.94. The normalized spacial score (nSPS) is 10.4. The Morgan fingerprint density at radius 1 is 1.47 bits per heavy atom. The summed E-state index contributed by atoms with van der Waals surface area (Å²) in [5.41, 5.74) is 0. The van der Waals surface area contributed by atoms with E-state index >= 15 is 0 Å². The molecule has 1 aromatic heterocycles. The van der Waals surface area contributed by atoms with Crippen molar-refractivity contribution < 1.29 is 4.79 Å². The van der Waals surface area contributed by atoms with Gasteiger partial charge in [-0.25, -0.2) is 9.97 Å². The topological polar surface area (TPSA) is 70.2 Å². The maximum Gasteiger partial charge on any atom is 0.239 e. The van der Waals surface area contributed by atoms with E-state index in [0.717, 1.165) is 11.6 Å². The van der Waals surface area contributed by atoms with Crippen LogP contribution in [0.2, 0.25) is 0 Å². The fourth-order valence-corrected chi connectivity index (χ4v) is 1.87. The highest BCUT2D eigenvalue weighted by Crippen LogP contribution is 2.19. The maximum atomic E-state index is 11.7. The Balaban J connectivity index is 2.80. The Kier molecular flexibility index (Phi) is 5.88. The van der Waals surface area contributed by atoms with Crippen LogP contribution in [0.15, 0.2) is 11.2 Å². The molecule has 19 heavy (non-hydrogen) atoms. The van der Waals surface area contributed by atoms with Crippen LogP contribution in [0.1, 0.15) is 13.8 Å². The molecule has 1 amide bonds. The van der Waals surface area contributed by atoms with E-state index in [9.17, 15) is 4.79 Å². The number of anilines is 2. The van der Waals surface area contributed by atoms with Gasteiger partial charge in [0.2, 0.25) is 5.91 Å². The molecule has 0 aliphatic heterocycles. The largest absolute Gasteiger partial charge is 0.373 e. The number of carbonyl (C=O) groups is 1. The van der Waals surface area contributed by atoms with Gasteiger partial charge in [0.1, 0.15) is 11.6 Å². The second-order valence-corrected chi connectivity index (χ2v) is 5.20. The molecule has 1 rings (SSSR count). The number of nitrogens with zero attached hydrogens (tertiary/aromatic N) is 3. The second kappa shape index (κ2) is 7.18. The zero-order chi connectivity index (χ0) is 14.4. The first kappa shape index (κ1) is 15.6. The van der Waals surface area contributed by atoms with Gasteiger partial charge < -0.3 is 15.5 Å². The fourth-order valence-electron chi connectivity index (χ4n) is 1.49. The van der Waals surface area contributed by atoms with Gasteiger partial charge >= 0.3 is 0 Å². The number of aromatic nitrogens is 2. The predicted molar refractivity (Wildman–Crippen MR) is 79.9 cm³/mol. The summed E-state index contributed by atoms with van der Waals surface area (Å²) < 4.78 is 0. The summed E-state index contributed by atoms with van der Waals surface area (Å²) >= 11 is 1.47. The van der Waals surface area contributed by atoms with E-state index in [4.69, 9.17) is 0 Å². The van der Waals surface area contributed by atoms with E-state index in [0.29, 0.717) is 5.16 Å². The highest BCUT2D eigenvalue weighted by Gasteiger charge is 2.11. The summed E-state index contributed by atoms with van der Waals surface area (Å²) in [5, 5.41) is 6.53. The molecule has 1 aromatic rings. The molecule has 106 valence electrons. The lowest BCUT2D eigenvalue weighted by Gasteiger charge is -2.19. The standard InChI is InChI=1S/C12H21N5OS/c1-8(2)14-11(18)7-17(4)10-6-9(13-3)15-12(16-10)19-5/h6,8H,7H2,1-5H3,(H,14,18)(H,13,15,16). The summed E-state index contributed by atoms with van der Waals surface area (Å²) in [6.45, 7) is 4.15. The fraction of sp³-hybridized carbons (Fsp3) is 0.583. The third-order valence-electron chi connectivity index (χ3n) is 2.35. The van der Waals surface area contributed by atoms with Gasteiger partial charge in [-0.3, -0.25) is 4.79 Å². The molecule has 7 heteroatoms. The molecule has 0 atom stereocenters. The summed E-state index contributed by atoms with van der Waals surface area (Å²) in [7, 11) is 3.65. The van der Waals surface area contributed by atoms with E-state index in [-0.39, 0.29) is 18.5 Å². The Morgan fingerprint density at radius 2 is 2.16 bits per heavy atom. The summed E-state index contributed by atoms with van der Waals surface area (Å²) in [6.07, 6.45) is 1.92. The van der Waals surface area contributed by atoms with Gasteiger partial charge in [0.25, 0.3) is 0 Å². The van der Waals surface area contributed by atoms with Crippen molar-refractivity contribution in [1.82, 2.24) is 15.3 Å². The molecule has 0 aromatic carbocycles. The van der Waals surface area contributed by atoms with Crippen LogP contribution in [0, 0.1) is 0 Å². The summed E-state index contributed by atoms with van der Waals surface area (Å²) in [6, 6.07) is 1.96. The molecule has 0 spiro atoms. The van der Waals surface area contributed by atoms with E-state index in [1.807, 2.05) is 40.3 Å². The first-order valence-corrected chi connectivity index (χ1v) is 7.30. The number of amides is 1. The van der Waals surface area contributed by atoms with Gasteiger partial charge in [-0.2, -0.15) is 0 Å². The van der Waals surface area contributed by atoms with Gasteiger partial charge in [0, 0.05) is 26.2 Å². The lowest BCUT2D eigenvalue weighted by molar-refractivity contribution is -0.120. The molecule has 0 saturated heterocycles. The van der Waals surface area contributed by atoms with Crippen molar-refractivity contribution in [1.29, 1.82) is 0 Å². The molecule has 0 unspecified atom stereocenters. The van der Waals surface area contributed by atoms with Crippen molar-refractivity contribution in [3.8, 4) is 0 Å². The van der Waals surface area contributed by atoms with Gasteiger partial charge in [-0.15, -0.1) is 0 Å². The second-order valence-electron chi connectivity index (χ2n) is 4.43. The Hall–Kier alpha value is -1.50. The van der Waals surface area contributed by atoms with Crippen molar-refractivity contribution >= 4 is 29.3 Å². The number of hydrogen-bond acceptors (Lipinski definition) is 6. The van der Waals surface area contributed by atoms with Crippen LogP contribution >= 0.6 is 11.8 Å². The van der Waals surface area contributed by atoms with Gasteiger partial charge in [0.15, 0.2) is 5.16 Å². The quantitative estimate of drug-likeness (QED) is 0.604. The first-order chi connectivity index (χ1) is 8.96. The number of likely N-dealkylation sites (N-methyl/N-ethyl adjacent to an activating group) is 1. The number of carbonyl (C=O) groups excluding carboxylic acids is 1. The minimum absolute atomic E-state index is 0.0205. The van der Waals surface area contributed by atoms with E-state index < -0.39 is 0 Å². The molecule has 1 heterocycles. The van der Waals surface area contributed by atoms with Crippen LogP contribution in [-0.2, 0) is 4.79 Å². The molecule has 0 aliphatic carbocycles. The molecule has 0 saturated carbocycles. The van der Waals surface area contributed by atoms with Crippen LogP contribution in [0.3, 0.4) is 0 Å². The third-order valence-corrected chi connectivity index (χ3v) is 2.90. The zero-order valence-corrected chi connectivity index (χ0v) is 12.8. The van der Waals surface area contributed by atoms with Crippen LogP contribution in [-0.4, -0.2) is 48.8 Å². The SMILES string of the molecule is CNc1cc(N(C)CC(=O)NC(C)C)nc(SC)n1. The Labute approximate surface area is 118 Å². The zero-order valence-electron chi connectivity index (χ0n) is 12.0. The number of thioether (sulfide) groups is 1. The van der Waals surface area contributed by atoms with Gasteiger partial charge in [-0.1, -0.05) is 11.8 Å². The summed E-state index contributed by atoms with van der Waals surface area (Å²) in [5.74, 6) is 1.45. The molecule has 2 N–H and O–H groups in total. The summed E-state index contributed by atoms with van der Waals surface area (Å²) in [4.78, 5) is 22.2. The highest BCUT2D eigenvalue weighted by atomic mass is 32.2. The lowest BCUT2D eigenvalue weighted by Crippen LogP contribution is -2.38. The molecular formula is C12H21N5OS. The van der Waals surface area contributed by atoms with Crippen LogP contribution in [0.4, 0.5) is 11.6 Å². The molecule has 0 bridgehead atoms. The lowest BCUT2D eigenvalue weighted by atomic mass is 10.3. The Morgan fingerprint density at radius 3 is 2.68 bits per heavy atom. The van der Waals surface area contributed by atoms with Crippen molar-refractivity contribution in [2.75, 3.05) is 37.1 Å². The first-order valence-electron chi connectivity index (χ1n) is 6.07. The van der Waals surface area contributed by atoms with E-state index in [1.165, 1.54) is 11.8 Å². The monoisotopic (exact) mass is 283 g/mol. The number of rotatable bonds is 6. The minimum Gasteiger partial charge on any atom is -0.373 e. The molecule has 0 aliphatic rings. The van der Waals surface area contributed by atoms with Crippen LogP contribution in [0.25, 0.3) is 0 Å². The molecule has 0 fully saturated rings. The van der Waals surface area contributed by atoms with Crippen LogP contribution in [0.5, 0.6) is 0 Å². The van der Waals surface area contributed by atoms with Gasteiger partial charge in [0.05, 0.1) is 6.54 Å². The average Bonchev–Trinajstić information content (AvgIpc) is 2.36. The smallest absolute Gasteiger partial charge is 0.239 e. The van der Waals surface area contributed by atoms with Crippen molar-refractivity contribution in [2.45, 2.75) is 25.0 Å².